The second-order valence-corrected chi connectivity index (χ2v) is 6.34. The van der Waals surface area contributed by atoms with E-state index >= 15 is 0 Å². The summed E-state index contributed by atoms with van der Waals surface area (Å²) >= 11 is 1.97. The van der Waals surface area contributed by atoms with Gasteiger partial charge in [-0.05, 0) is 49.9 Å². The Kier molecular flexibility index (Phi) is 6.07. The van der Waals surface area contributed by atoms with Crippen molar-refractivity contribution in [2.45, 2.75) is 40.5 Å². The highest BCUT2D eigenvalue weighted by molar-refractivity contribution is 7.11. The van der Waals surface area contributed by atoms with Crippen molar-refractivity contribution in [1.82, 2.24) is 5.32 Å². The molecule has 0 saturated heterocycles. The molecule has 1 N–H and O–H groups in total. The fourth-order valence-corrected chi connectivity index (χ4v) is 2.88. The van der Waals surface area contributed by atoms with E-state index in [0.29, 0.717) is 0 Å². The van der Waals surface area contributed by atoms with E-state index < -0.39 is 0 Å². The van der Waals surface area contributed by atoms with Crippen molar-refractivity contribution in [3.8, 4) is 0 Å². The normalized spacial score (nSPS) is 13.3. The maximum Gasteiger partial charge on any atom is 0.00513 e. The monoisotopic (exact) mass is 239 g/mol. The molecule has 0 saturated carbocycles. The third-order valence-corrected chi connectivity index (χ3v) is 3.91. The van der Waals surface area contributed by atoms with Gasteiger partial charge in [-0.1, -0.05) is 27.7 Å². The Bertz CT molecular complexity index is 291. The van der Waals surface area contributed by atoms with Crippen LogP contribution in [0, 0.1) is 11.8 Å². The van der Waals surface area contributed by atoms with Crippen LogP contribution in [0.4, 0.5) is 0 Å². The van der Waals surface area contributed by atoms with Gasteiger partial charge < -0.3 is 5.32 Å². The lowest BCUT2D eigenvalue weighted by molar-refractivity contribution is 0.475. The Morgan fingerprint density at radius 1 is 1.12 bits per heavy atom. The highest BCUT2D eigenvalue weighted by Gasteiger charge is 2.06. The molecule has 1 rings (SSSR count). The van der Waals surface area contributed by atoms with Crippen molar-refractivity contribution in [2.75, 3.05) is 13.1 Å². The first-order valence-corrected chi connectivity index (χ1v) is 7.21. The van der Waals surface area contributed by atoms with E-state index in [1.807, 2.05) is 11.3 Å². The molecule has 0 bridgehead atoms. The first-order valence-electron chi connectivity index (χ1n) is 6.40. The first-order chi connectivity index (χ1) is 7.61. The van der Waals surface area contributed by atoms with Crippen LogP contribution in [0.1, 0.15) is 37.4 Å². The quantitative estimate of drug-likeness (QED) is 0.764. The molecule has 16 heavy (non-hydrogen) atoms. The van der Waals surface area contributed by atoms with Crippen molar-refractivity contribution in [3.63, 3.8) is 0 Å². The molecule has 1 aromatic rings. The van der Waals surface area contributed by atoms with Gasteiger partial charge >= 0.3 is 0 Å². The number of hydrogen-bond donors (Lipinski definition) is 1. The zero-order valence-corrected chi connectivity index (χ0v) is 11.9. The summed E-state index contributed by atoms with van der Waals surface area (Å²) in [6.07, 6.45) is 2.39. The van der Waals surface area contributed by atoms with Crippen LogP contribution in [0.15, 0.2) is 12.1 Å². The van der Waals surface area contributed by atoms with Gasteiger partial charge in [-0.3, -0.25) is 0 Å². The maximum absolute atomic E-state index is 3.53. The van der Waals surface area contributed by atoms with E-state index in [9.17, 15) is 0 Å². The number of rotatable bonds is 7. The fourth-order valence-electron chi connectivity index (χ4n) is 1.76. The molecule has 1 aromatic heterocycles. The van der Waals surface area contributed by atoms with Gasteiger partial charge in [0, 0.05) is 9.75 Å². The van der Waals surface area contributed by atoms with Crippen LogP contribution in [-0.2, 0) is 12.8 Å². The topological polar surface area (TPSA) is 12.0 Å². The molecule has 0 radical (unpaired) electrons. The highest BCUT2D eigenvalue weighted by Crippen LogP contribution is 2.19. The van der Waals surface area contributed by atoms with Crippen molar-refractivity contribution < 1.29 is 0 Å². The molecule has 1 atom stereocenters. The van der Waals surface area contributed by atoms with Crippen LogP contribution in [0.5, 0.6) is 0 Å². The Morgan fingerprint density at radius 2 is 1.81 bits per heavy atom. The average molecular weight is 239 g/mol. The van der Waals surface area contributed by atoms with E-state index in [1.54, 1.807) is 0 Å². The molecule has 0 aromatic carbocycles. The molecule has 92 valence electrons. The Balaban J connectivity index is 2.25. The van der Waals surface area contributed by atoms with E-state index in [4.69, 9.17) is 0 Å². The zero-order chi connectivity index (χ0) is 12.0. The number of thiophene rings is 1. The van der Waals surface area contributed by atoms with Crippen molar-refractivity contribution in [2.24, 2.45) is 11.8 Å². The summed E-state index contributed by atoms with van der Waals surface area (Å²) < 4.78 is 0. The van der Waals surface area contributed by atoms with Crippen LogP contribution in [0.2, 0.25) is 0 Å². The highest BCUT2D eigenvalue weighted by atomic mass is 32.1. The van der Waals surface area contributed by atoms with Gasteiger partial charge in [-0.2, -0.15) is 0 Å². The molecular weight excluding hydrogens is 214 g/mol. The minimum atomic E-state index is 0.738. The van der Waals surface area contributed by atoms with Crippen LogP contribution in [0.3, 0.4) is 0 Å². The smallest absolute Gasteiger partial charge is 0.00513 e. The van der Waals surface area contributed by atoms with E-state index in [0.717, 1.165) is 24.9 Å². The number of nitrogens with one attached hydrogen (secondary N) is 1. The van der Waals surface area contributed by atoms with Crippen LogP contribution < -0.4 is 5.32 Å². The summed E-state index contributed by atoms with van der Waals surface area (Å²) in [5.41, 5.74) is 0. The molecule has 0 aliphatic heterocycles. The molecule has 0 aliphatic carbocycles. The summed E-state index contributed by atoms with van der Waals surface area (Å²) in [7, 11) is 0. The Morgan fingerprint density at radius 3 is 2.38 bits per heavy atom. The van der Waals surface area contributed by atoms with Crippen molar-refractivity contribution >= 4 is 11.3 Å². The molecule has 1 heterocycles. The third kappa shape index (κ3) is 5.13. The molecule has 2 heteroatoms. The number of aryl methyl sites for hydroxylation is 1. The molecule has 0 fully saturated rings. The second-order valence-electron chi connectivity index (χ2n) is 5.08. The molecule has 0 amide bonds. The molecule has 1 unspecified atom stereocenters. The van der Waals surface area contributed by atoms with Gasteiger partial charge in [0.05, 0.1) is 0 Å². The van der Waals surface area contributed by atoms with E-state index in [1.165, 1.54) is 22.6 Å². The van der Waals surface area contributed by atoms with Crippen LogP contribution in [-0.4, -0.2) is 13.1 Å². The summed E-state index contributed by atoms with van der Waals surface area (Å²) in [5, 5.41) is 3.53. The summed E-state index contributed by atoms with van der Waals surface area (Å²) in [4.78, 5) is 3.05. The molecule has 0 aliphatic rings. The van der Waals surface area contributed by atoms with Gasteiger partial charge in [0.25, 0.3) is 0 Å². The SMILES string of the molecule is CCc1ccc(CC(C)CNCC(C)C)s1. The number of hydrogen-bond acceptors (Lipinski definition) is 2. The third-order valence-electron chi connectivity index (χ3n) is 2.66. The lowest BCUT2D eigenvalue weighted by atomic mass is 10.1. The molecule has 1 nitrogen and oxygen atoms in total. The Labute approximate surface area is 104 Å². The fraction of sp³-hybridized carbons (Fsp3) is 0.714. The molecule has 0 spiro atoms. The Hall–Kier alpha value is -0.340. The largest absolute Gasteiger partial charge is 0.316 e. The summed E-state index contributed by atoms with van der Waals surface area (Å²) in [6.45, 7) is 11.3. The lowest BCUT2D eigenvalue weighted by Crippen LogP contribution is -2.25. The molecular formula is C14H25NS. The average Bonchev–Trinajstić information content (AvgIpc) is 2.65. The van der Waals surface area contributed by atoms with Gasteiger partial charge in [0.2, 0.25) is 0 Å². The predicted molar refractivity (Wildman–Crippen MR) is 74.3 cm³/mol. The standard InChI is InChI=1S/C14H25NS/c1-5-13-6-7-14(16-13)8-12(4)10-15-9-11(2)3/h6-7,11-12,15H,5,8-10H2,1-4H3. The first kappa shape index (κ1) is 13.7. The van der Waals surface area contributed by atoms with Gasteiger partial charge in [0.15, 0.2) is 0 Å². The summed E-state index contributed by atoms with van der Waals surface area (Å²) in [5.74, 6) is 1.49. The maximum atomic E-state index is 3.53. The van der Waals surface area contributed by atoms with E-state index in [2.05, 4.69) is 45.1 Å². The second kappa shape index (κ2) is 7.08. The van der Waals surface area contributed by atoms with Gasteiger partial charge in [-0.15, -0.1) is 11.3 Å². The van der Waals surface area contributed by atoms with Gasteiger partial charge in [0.1, 0.15) is 0 Å². The van der Waals surface area contributed by atoms with E-state index in [-0.39, 0.29) is 0 Å². The minimum absolute atomic E-state index is 0.738. The zero-order valence-electron chi connectivity index (χ0n) is 11.0. The van der Waals surface area contributed by atoms with Crippen molar-refractivity contribution in [3.05, 3.63) is 21.9 Å². The predicted octanol–water partition coefficient (Wildman–Crippen LogP) is 3.73. The van der Waals surface area contributed by atoms with Crippen LogP contribution in [0.25, 0.3) is 0 Å². The minimum Gasteiger partial charge on any atom is -0.316 e. The lowest BCUT2D eigenvalue weighted by Gasteiger charge is -2.12. The van der Waals surface area contributed by atoms with Crippen molar-refractivity contribution in [1.29, 1.82) is 0 Å². The summed E-state index contributed by atoms with van der Waals surface area (Å²) in [6, 6.07) is 4.57. The van der Waals surface area contributed by atoms with Gasteiger partial charge in [-0.25, -0.2) is 0 Å². The van der Waals surface area contributed by atoms with Crippen LogP contribution >= 0.6 is 11.3 Å².